The zero-order valence-electron chi connectivity index (χ0n) is 15.8. The number of carbonyl (C=O) groups is 2. The van der Waals surface area contributed by atoms with E-state index in [1.54, 1.807) is 18.2 Å². The average Bonchev–Trinajstić information content (AvgIpc) is 3.17. The fraction of sp³-hybridized carbons (Fsp3) is 0.182. The molecule has 3 rings (SSSR count). The standard InChI is InChI=1S/C22H22ClN3O2/c1-15-5-7-17(8-6-15)20(24-16(2)27)14-22(28)25-19-10-9-18(23)13-21(19)26-11-3-4-12-26/h3-13,20H,14H2,1-2H3,(H,24,27)(H,25,28). The van der Waals surface area contributed by atoms with Crippen LogP contribution in [0.25, 0.3) is 5.69 Å². The summed E-state index contributed by atoms with van der Waals surface area (Å²) in [4.78, 5) is 24.4. The van der Waals surface area contributed by atoms with Crippen molar-refractivity contribution < 1.29 is 9.59 Å². The summed E-state index contributed by atoms with van der Waals surface area (Å²) in [5, 5.41) is 6.38. The SMILES string of the molecule is CC(=O)NC(CC(=O)Nc1ccc(Cl)cc1-n1cccc1)c1ccc(C)cc1. The molecule has 0 saturated carbocycles. The Labute approximate surface area is 169 Å². The van der Waals surface area contributed by atoms with Crippen LogP contribution in [0.4, 0.5) is 5.69 Å². The molecule has 0 saturated heterocycles. The number of hydrogen-bond acceptors (Lipinski definition) is 2. The molecule has 1 heterocycles. The molecule has 28 heavy (non-hydrogen) atoms. The minimum absolute atomic E-state index is 0.121. The normalized spacial score (nSPS) is 11.7. The number of aryl methyl sites for hydroxylation is 1. The van der Waals surface area contributed by atoms with Gasteiger partial charge in [0.05, 0.1) is 23.8 Å². The first kappa shape index (κ1) is 19.7. The largest absolute Gasteiger partial charge is 0.349 e. The van der Waals surface area contributed by atoms with Crippen LogP contribution in [0.1, 0.15) is 30.5 Å². The highest BCUT2D eigenvalue weighted by Crippen LogP contribution is 2.26. The minimum Gasteiger partial charge on any atom is -0.349 e. The van der Waals surface area contributed by atoms with E-state index in [4.69, 9.17) is 11.6 Å². The van der Waals surface area contributed by atoms with E-state index >= 15 is 0 Å². The molecule has 0 bridgehead atoms. The predicted molar refractivity (Wildman–Crippen MR) is 112 cm³/mol. The van der Waals surface area contributed by atoms with Crippen molar-refractivity contribution in [1.82, 2.24) is 9.88 Å². The van der Waals surface area contributed by atoms with Crippen molar-refractivity contribution in [2.24, 2.45) is 0 Å². The van der Waals surface area contributed by atoms with Gasteiger partial charge in [-0.05, 0) is 42.8 Å². The summed E-state index contributed by atoms with van der Waals surface area (Å²) in [6, 6.07) is 16.5. The highest BCUT2D eigenvalue weighted by Gasteiger charge is 2.18. The first-order valence-corrected chi connectivity index (χ1v) is 9.36. The first-order valence-electron chi connectivity index (χ1n) is 8.99. The highest BCUT2D eigenvalue weighted by atomic mass is 35.5. The number of nitrogens with one attached hydrogen (secondary N) is 2. The molecule has 0 aliphatic rings. The van der Waals surface area contributed by atoms with Crippen LogP contribution in [-0.4, -0.2) is 16.4 Å². The Balaban J connectivity index is 1.80. The number of aromatic nitrogens is 1. The van der Waals surface area contributed by atoms with Crippen LogP contribution in [0, 0.1) is 6.92 Å². The monoisotopic (exact) mass is 395 g/mol. The third kappa shape index (κ3) is 5.02. The molecule has 6 heteroatoms. The lowest BCUT2D eigenvalue weighted by molar-refractivity contribution is -0.120. The van der Waals surface area contributed by atoms with Crippen molar-refractivity contribution in [2.75, 3.05) is 5.32 Å². The molecule has 1 atom stereocenters. The van der Waals surface area contributed by atoms with E-state index in [2.05, 4.69) is 10.6 Å². The fourth-order valence-electron chi connectivity index (χ4n) is 3.00. The maximum atomic E-state index is 12.7. The second-order valence-corrected chi connectivity index (χ2v) is 7.10. The highest BCUT2D eigenvalue weighted by molar-refractivity contribution is 6.30. The van der Waals surface area contributed by atoms with Gasteiger partial charge in [0.1, 0.15) is 0 Å². The number of carbonyl (C=O) groups excluding carboxylic acids is 2. The Kier molecular flexibility index (Phi) is 6.16. The minimum atomic E-state index is -0.402. The Hall–Kier alpha value is -3.05. The lowest BCUT2D eigenvalue weighted by Crippen LogP contribution is -2.30. The van der Waals surface area contributed by atoms with E-state index in [1.807, 2.05) is 60.3 Å². The number of halogens is 1. The summed E-state index contributed by atoms with van der Waals surface area (Å²) in [5.41, 5.74) is 3.43. The van der Waals surface area contributed by atoms with Crippen LogP contribution in [0.15, 0.2) is 67.0 Å². The van der Waals surface area contributed by atoms with E-state index in [1.165, 1.54) is 6.92 Å². The number of anilines is 1. The van der Waals surface area contributed by atoms with E-state index in [9.17, 15) is 9.59 Å². The summed E-state index contributed by atoms with van der Waals surface area (Å²) < 4.78 is 1.88. The Morgan fingerprint density at radius 2 is 1.75 bits per heavy atom. The zero-order valence-corrected chi connectivity index (χ0v) is 16.5. The van der Waals surface area contributed by atoms with Crippen LogP contribution in [0.5, 0.6) is 0 Å². The average molecular weight is 396 g/mol. The van der Waals surface area contributed by atoms with Gasteiger partial charge in [0, 0.05) is 24.3 Å². The third-order valence-electron chi connectivity index (χ3n) is 4.36. The molecule has 5 nitrogen and oxygen atoms in total. The molecule has 0 spiro atoms. The predicted octanol–water partition coefficient (Wildman–Crippen LogP) is 4.65. The molecular formula is C22H22ClN3O2. The van der Waals surface area contributed by atoms with Gasteiger partial charge >= 0.3 is 0 Å². The van der Waals surface area contributed by atoms with E-state index in [0.29, 0.717) is 10.7 Å². The lowest BCUT2D eigenvalue weighted by atomic mass is 10.0. The van der Waals surface area contributed by atoms with Crippen molar-refractivity contribution in [1.29, 1.82) is 0 Å². The van der Waals surface area contributed by atoms with Crippen molar-refractivity contribution >= 4 is 29.1 Å². The topological polar surface area (TPSA) is 63.1 Å². The van der Waals surface area contributed by atoms with Gasteiger partial charge < -0.3 is 15.2 Å². The van der Waals surface area contributed by atoms with Gasteiger partial charge in [0.2, 0.25) is 11.8 Å². The van der Waals surface area contributed by atoms with Crippen molar-refractivity contribution in [3.05, 3.63) is 83.1 Å². The van der Waals surface area contributed by atoms with Crippen molar-refractivity contribution in [3.63, 3.8) is 0 Å². The molecule has 0 aliphatic heterocycles. The summed E-state index contributed by atoms with van der Waals surface area (Å²) in [7, 11) is 0. The maximum absolute atomic E-state index is 12.7. The van der Waals surface area contributed by atoms with E-state index in [-0.39, 0.29) is 18.2 Å². The molecule has 1 unspecified atom stereocenters. The van der Waals surface area contributed by atoms with Gasteiger partial charge in [-0.3, -0.25) is 9.59 Å². The summed E-state index contributed by atoms with van der Waals surface area (Å²) in [5.74, 6) is -0.382. The number of hydrogen-bond donors (Lipinski definition) is 2. The molecule has 1 aromatic heterocycles. The van der Waals surface area contributed by atoms with Crippen LogP contribution in [0.3, 0.4) is 0 Å². The molecule has 2 amide bonds. The fourth-order valence-corrected chi connectivity index (χ4v) is 3.17. The molecule has 3 aromatic rings. The van der Waals surface area contributed by atoms with Gasteiger partial charge in [-0.2, -0.15) is 0 Å². The smallest absolute Gasteiger partial charge is 0.226 e. The summed E-state index contributed by atoms with van der Waals surface area (Å²) in [6.07, 6.45) is 3.89. The molecule has 2 N–H and O–H groups in total. The number of rotatable bonds is 6. The third-order valence-corrected chi connectivity index (χ3v) is 4.60. The van der Waals surface area contributed by atoms with Crippen molar-refractivity contribution in [2.45, 2.75) is 26.3 Å². The maximum Gasteiger partial charge on any atom is 0.226 e. The lowest BCUT2D eigenvalue weighted by Gasteiger charge is -2.19. The van der Waals surface area contributed by atoms with Crippen LogP contribution >= 0.6 is 11.6 Å². The summed E-state index contributed by atoms with van der Waals surface area (Å²) in [6.45, 7) is 3.44. The molecular weight excluding hydrogens is 374 g/mol. The Morgan fingerprint density at radius 1 is 1.07 bits per heavy atom. The molecule has 2 aromatic carbocycles. The Bertz CT molecular complexity index is 966. The van der Waals surface area contributed by atoms with Crippen molar-refractivity contribution in [3.8, 4) is 5.69 Å². The molecule has 0 fully saturated rings. The number of amides is 2. The van der Waals surface area contributed by atoms with Gasteiger partial charge in [0.25, 0.3) is 0 Å². The van der Waals surface area contributed by atoms with Gasteiger partial charge in [-0.25, -0.2) is 0 Å². The zero-order chi connectivity index (χ0) is 20.1. The number of nitrogens with zero attached hydrogens (tertiary/aromatic N) is 1. The second kappa shape index (κ2) is 8.76. The quantitative estimate of drug-likeness (QED) is 0.638. The molecule has 0 radical (unpaired) electrons. The van der Waals surface area contributed by atoms with Crippen LogP contribution in [0.2, 0.25) is 5.02 Å². The van der Waals surface area contributed by atoms with Gasteiger partial charge in [0.15, 0.2) is 0 Å². The first-order chi connectivity index (χ1) is 13.4. The van der Waals surface area contributed by atoms with E-state index in [0.717, 1.165) is 16.8 Å². The van der Waals surface area contributed by atoms with E-state index < -0.39 is 6.04 Å². The summed E-state index contributed by atoms with van der Waals surface area (Å²) >= 11 is 6.13. The molecule has 0 aliphatic carbocycles. The number of benzene rings is 2. The Morgan fingerprint density at radius 3 is 2.39 bits per heavy atom. The van der Waals surface area contributed by atoms with Crippen LogP contribution in [-0.2, 0) is 9.59 Å². The molecule has 144 valence electrons. The van der Waals surface area contributed by atoms with Gasteiger partial charge in [-0.15, -0.1) is 0 Å². The van der Waals surface area contributed by atoms with Crippen LogP contribution < -0.4 is 10.6 Å². The van der Waals surface area contributed by atoms with Gasteiger partial charge in [-0.1, -0.05) is 41.4 Å². The second-order valence-electron chi connectivity index (χ2n) is 6.67.